The molecular weight excluding hydrogens is 306 g/mol. The van der Waals surface area contributed by atoms with Crippen molar-refractivity contribution >= 4 is 17.7 Å². The van der Waals surface area contributed by atoms with Gasteiger partial charge in [0.2, 0.25) is 0 Å². The smallest absolute Gasteiger partial charge is 0.407 e. The SMILES string of the molecule is CCOCC1(C)CN(C(=O)O)CCC1(O)c1ccc(Cl)cc1. The van der Waals surface area contributed by atoms with Gasteiger partial charge in [-0.15, -0.1) is 0 Å². The van der Waals surface area contributed by atoms with Crippen molar-refractivity contribution in [1.29, 1.82) is 0 Å². The summed E-state index contributed by atoms with van der Waals surface area (Å²) in [5.74, 6) is 0. The molecule has 0 saturated carbocycles. The van der Waals surface area contributed by atoms with Crippen LogP contribution in [0.25, 0.3) is 0 Å². The van der Waals surface area contributed by atoms with Gasteiger partial charge in [0.25, 0.3) is 0 Å². The highest BCUT2D eigenvalue weighted by Crippen LogP contribution is 2.46. The Morgan fingerprint density at radius 1 is 1.41 bits per heavy atom. The Hall–Kier alpha value is -1.30. The molecule has 122 valence electrons. The van der Waals surface area contributed by atoms with Crippen molar-refractivity contribution in [3.63, 3.8) is 0 Å². The van der Waals surface area contributed by atoms with Crippen LogP contribution in [-0.4, -0.2) is 47.5 Å². The minimum Gasteiger partial charge on any atom is -0.465 e. The molecular formula is C16H22ClNO4. The average molecular weight is 328 g/mol. The van der Waals surface area contributed by atoms with E-state index < -0.39 is 17.1 Å². The molecule has 1 amide bonds. The van der Waals surface area contributed by atoms with Crippen LogP contribution in [0.5, 0.6) is 0 Å². The summed E-state index contributed by atoms with van der Waals surface area (Å²) in [6, 6.07) is 7.06. The predicted molar refractivity (Wildman–Crippen MR) is 84.2 cm³/mol. The maximum absolute atomic E-state index is 11.3. The third-order valence-electron chi connectivity index (χ3n) is 4.50. The van der Waals surface area contributed by atoms with Crippen LogP contribution in [0.2, 0.25) is 5.02 Å². The van der Waals surface area contributed by atoms with Gasteiger partial charge in [-0.25, -0.2) is 4.79 Å². The number of hydrogen-bond donors (Lipinski definition) is 2. The van der Waals surface area contributed by atoms with Crippen molar-refractivity contribution in [2.24, 2.45) is 5.41 Å². The van der Waals surface area contributed by atoms with E-state index in [2.05, 4.69) is 0 Å². The van der Waals surface area contributed by atoms with Crippen molar-refractivity contribution in [2.45, 2.75) is 25.9 Å². The number of likely N-dealkylation sites (tertiary alicyclic amines) is 1. The maximum atomic E-state index is 11.3. The molecule has 1 aliphatic heterocycles. The molecule has 0 bridgehead atoms. The van der Waals surface area contributed by atoms with Gasteiger partial charge in [-0.2, -0.15) is 0 Å². The lowest BCUT2D eigenvalue weighted by Crippen LogP contribution is -2.59. The van der Waals surface area contributed by atoms with Crippen LogP contribution in [0.1, 0.15) is 25.8 Å². The lowest BCUT2D eigenvalue weighted by molar-refractivity contribution is -0.155. The van der Waals surface area contributed by atoms with E-state index in [1.807, 2.05) is 13.8 Å². The third kappa shape index (κ3) is 3.07. The zero-order chi connectivity index (χ0) is 16.4. The van der Waals surface area contributed by atoms with E-state index in [9.17, 15) is 15.0 Å². The number of benzene rings is 1. The van der Waals surface area contributed by atoms with Crippen LogP contribution in [-0.2, 0) is 10.3 Å². The number of aliphatic hydroxyl groups is 1. The lowest BCUT2D eigenvalue weighted by atomic mass is 9.65. The van der Waals surface area contributed by atoms with Crippen LogP contribution < -0.4 is 0 Å². The molecule has 22 heavy (non-hydrogen) atoms. The first-order valence-electron chi connectivity index (χ1n) is 7.36. The second-order valence-electron chi connectivity index (χ2n) is 6.02. The van der Waals surface area contributed by atoms with Gasteiger partial charge in [-0.05, 0) is 31.0 Å². The summed E-state index contributed by atoms with van der Waals surface area (Å²) in [4.78, 5) is 12.6. The molecule has 1 aromatic rings. The van der Waals surface area contributed by atoms with Crippen LogP contribution in [0.15, 0.2) is 24.3 Å². The van der Waals surface area contributed by atoms with Crippen molar-refractivity contribution in [3.8, 4) is 0 Å². The van der Waals surface area contributed by atoms with Crippen molar-refractivity contribution < 1.29 is 19.7 Å². The van der Waals surface area contributed by atoms with E-state index in [-0.39, 0.29) is 19.7 Å². The van der Waals surface area contributed by atoms with E-state index in [0.717, 1.165) is 5.56 Å². The van der Waals surface area contributed by atoms with Gasteiger partial charge in [0.15, 0.2) is 0 Å². The minimum absolute atomic E-state index is 0.224. The van der Waals surface area contributed by atoms with E-state index in [4.69, 9.17) is 16.3 Å². The van der Waals surface area contributed by atoms with Crippen LogP contribution in [0, 0.1) is 5.41 Å². The molecule has 0 aliphatic carbocycles. The highest BCUT2D eigenvalue weighted by atomic mass is 35.5. The molecule has 5 nitrogen and oxygen atoms in total. The van der Waals surface area contributed by atoms with Gasteiger partial charge >= 0.3 is 6.09 Å². The van der Waals surface area contributed by atoms with Crippen molar-refractivity contribution in [1.82, 2.24) is 4.90 Å². The van der Waals surface area contributed by atoms with E-state index >= 15 is 0 Å². The van der Waals surface area contributed by atoms with Crippen molar-refractivity contribution in [2.75, 3.05) is 26.3 Å². The molecule has 2 rings (SSSR count). The molecule has 1 aliphatic rings. The second kappa shape index (κ2) is 6.44. The molecule has 1 saturated heterocycles. The quantitative estimate of drug-likeness (QED) is 0.892. The van der Waals surface area contributed by atoms with Crippen LogP contribution in [0.3, 0.4) is 0 Å². The van der Waals surface area contributed by atoms with Gasteiger partial charge in [0.1, 0.15) is 5.60 Å². The van der Waals surface area contributed by atoms with Crippen LogP contribution >= 0.6 is 11.6 Å². The molecule has 0 aromatic heterocycles. The Labute approximate surface area is 135 Å². The largest absolute Gasteiger partial charge is 0.465 e. The Morgan fingerprint density at radius 3 is 2.59 bits per heavy atom. The average Bonchev–Trinajstić information content (AvgIpc) is 2.48. The number of carbonyl (C=O) groups is 1. The molecule has 6 heteroatoms. The van der Waals surface area contributed by atoms with Gasteiger partial charge in [0, 0.05) is 30.1 Å². The number of hydrogen-bond acceptors (Lipinski definition) is 3. The number of amides is 1. The Balaban J connectivity index is 2.37. The summed E-state index contributed by atoms with van der Waals surface area (Å²) in [5.41, 5.74) is -1.14. The number of carboxylic acid groups (broad SMARTS) is 1. The summed E-state index contributed by atoms with van der Waals surface area (Å²) in [6.45, 7) is 5.05. The highest BCUT2D eigenvalue weighted by molar-refractivity contribution is 6.30. The van der Waals surface area contributed by atoms with E-state index in [1.54, 1.807) is 24.3 Å². The van der Waals surface area contributed by atoms with Gasteiger partial charge < -0.3 is 19.8 Å². The van der Waals surface area contributed by atoms with Gasteiger partial charge in [-0.3, -0.25) is 0 Å². The first-order chi connectivity index (χ1) is 10.3. The number of halogens is 1. The number of piperidine rings is 1. The first-order valence-corrected chi connectivity index (χ1v) is 7.74. The monoisotopic (exact) mass is 327 g/mol. The fraction of sp³-hybridized carbons (Fsp3) is 0.562. The molecule has 2 N–H and O–H groups in total. The number of ether oxygens (including phenoxy) is 1. The fourth-order valence-corrected chi connectivity index (χ4v) is 3.23. The van der Waals surface area contributed by atoms with Gasteiger partial charge in [-0.1, -0.05) is 30.7 Å². The minimum atomic E-state index is -1.15. The molecule has 1 fully saturated rings. The van der Waals surface area contributed by atoms with Crippen molar-refractivity contribution in [3.05, 3.63) is 34.9 Å². The summed E-state index contributed by atoms with van der Waals surface area (Å²) >= 11 is 5.92. The standard InChI is InChI=1S/C16H22ClNO4/c1-3-22-11-15(2)10-18(14(19)20)9-8-16(15,21)12-4-6-13(17)7-5-12/h4-7,21H,3,8-11H2,1-2H3,(H,19,20). The molecule has 0 spiro atoms. The molecule has 0 radical (unpaired) electrons. The van der Waals surface area contributed by atoms with Crippen LogP contribution in [0.4, 0.5) is 4.79 Å². The zero-order valence-corrected chi connectivity index (χ0v) is 13.6. The Morgan fingerprint density at radius 2 is 2.05 bits per heavy atom. The molecule has 1 aromatic carbocycles. The zero-order valence-electron chi connectivity index (χ0n) is 12.9. The van der Waals surface area contributed by atoms with E-state index in [1.165, 1.54) is 4.90 Å². The Bertz CT molecular complexity index is 535. The summed E-state index contributed by atoms with van der Waals surface area (Å²) in [5, 5.41) is 21.2. The summed E-state index contributed by atoms with van der Waals surface area (Å²) < 4.78 is 5.54. The fourth-order valence-electron chi connectivity index (χ4n) is 3.10. The predicted octanol–water partition coefficient (Wildman–Crippen LogP) is 2.95. The highest BCUT2D eigenvalue weighted by Gasteiger charge is 2.52. The summed E-state index contributed by atoms with van der Waals surface area (Å²) in [7, 11) is 0. The summed E-state index contributed by atoms with van der Waals surface area (Å²) in [6.07, 6.45) is -0.647. The topological polar surface area (TPSA) is 70.0 Å². The normalized spacial score (nSPS) is 28.6. The van der Waals surface area contributed by atoms with E-state index in [0.29, 0.717) is 18.1 Å². The molecule has 2 unspecified atom stereocenters. The maximum Gasteiger partial charge on any atom is 0.407 e. The number of nitrogens with zero attached hydrogens (tertiary/aromatic N) is 1. The first kappa shape index (κ1) is 17.1. The molecule has 2 atom stereocenters. The molecule has 1 heterocycles. The lowest BCUT2D eigenvalue weighted by Gasteiger charge is -2.51. The Kier molecular flexibility index (Phi) is 5.00. The second-order valence-corrected chi connectivity index (χ2v) is 6.46. The van der Waals surface area contributed by atoms with Gasteiger partial charge in [0.05, 0.1) is 6.61 Å². The number of rotatable bonds is 4. The third-order valence-corrected chi connectivity index (χ3v) is 4.75.